The molecule has 3 aromatic carbocycles. The van der Waals surface area contributed by atoms with Crippen molar-refractivity contribution in [1.82, 2.24) is 4.90 Å². The molecule has 0 spiro atoms. The number of ether oxygens (including phenoxy) is 1. The van der Waals surface area contributed by atoms with E-state index < -0.39 is 0 Å². The highest BCUT2D eigenvalue weighted by atomic mass is 16.5. The van der Waals surface area contributed by atoms with Gasteiger partial charge in [0.15, 0.2) is 0 Å². The van der Waals surface area contributed by atoms with Crippen LogP contribution >= 0.6 is 0 Å². The molecule has 0 unspecified atom stereocenters. The van der Waals surface area contributed by atoms with Crippen LogP contribution < -0.4 is 0 Å². The molecular formula is C28H28N2O. The lowest BCUT2D eigenvalue weighted by Crippen LogP contribution is -2.60. The van der Waals surface area contributed by atoms with Crippen LogP contribution in [0, 0.1) is 17.2 Å². The van der Waals surface area contributed by atoms with Gasteiger partial charge in [-0.05, 0) is 54.6 Å². The average Bonchev–Trinajstić information content (AvgIpc) is 2.85. The summed E-state index contributed by atoms with van der Waals surface area (Å²) in [6.45, 7) is 2.77. The van der Waals surface area contributed by atoms with Gasteiger partial charge < -0.3 is 4.74 Å². The first-order valence-electron chi connectivity index (χ1n) is 11.3. The van der Waals surface area contributed by atoms with Crippen molar-refractivity contribution in [2.45, 2.75) is 37.5 Å². The van der Waals surface area contributed by atoms with Crippen molar-refractivity contribution in [2.75, 3.05) is 13.1 Å². The first-order chi connectivity index (χ1) is 15.3. The lowest BCUT2D eigenvalue weighted by molar-refractivity contribution is -0.120. The maximum absolute atomic E-state index is 9.48. The Balaban J connectivity index is 1.50. The summed E-state index contributed by atoms with van der Waals surface area (Å²) in [4.78, 5) is 2.64. The lowest BCUT2D eigenvalue weighted by Gasteiger charge is -2.53. The number of fused-ring (bicyclic) bond motifs is 3. The second kappa shape index (κ2) is 9.06. The van der Waals surface area contributed by atoms with Crippen LogP contribution in [0.2, 0.25) is 0 Å². The molecule has 3 nitrogen and oxygen atoms in total. The topological polar surface area (TPSA) is 36.3 Å². The van der Waals surface area contributed by atoms with Crippen LogP contribution in [0.5, 0.6) is 0 Å². The molecule has 0 amide bonds. The molecule has 2 atom stereocenters. The van der Waals surface area contributed by atoms with Crippen LogP contribution in [0.25, 0.3) is 0 Å². The van der Waals surface area contributed by atoms with E-state index in [4.69, 9.17) is 4.74 Å². The highest BCUT2D eigenvalue weighted by Gasteiger charge is 2.47. The summed E-state index contributed by atoms with van der Waals surface area (Å²) < 4.78 is 6.69. The largest absolute Gasteiger partial charge is 0.372 e. The second-order valence-electron chi connectivity index (χ2n) is 8.71. The van der Waals surface area contributed by atoms with Crippen LogP contribution in [0.4, 0.5) is 0 Å². The van der Waals surface area contributed by atoms with Crippen molar-refractivity contribution < 1.29 is 4.74 Å². The number of hydrogen-bond acceptors (Lipinski definition) is 3. The van der Waals surface area contributed by atoms with Crippen molar-refractivity contribution in [3.8, 4) is 6.07 Å². The van der Waals surface area contributed by atoms with Gasteiger partial charge in [0.05, 0.1) is 24.3 Å². The summed E-state index contributed by atoms with van der Waals surface area (Å²) >= 11 is 0. The second-order valence-corrected chi connectivity index (χ2v) is 8.71. The smallest absolute Gasteiger partial charge is 0.0995 e. The van der Waals surface area contributed by atoms with Crippen LogP contribution in [0.1, 0.15) is 41.0 Å². The fourth-order valence-electron chi connectivity index (χ4n) is 5.52. The monoisotopic (exact) mass is 408 g/mol. The van der Waals surface area contributed by atoms with Crippen LogP contribution in [-0.4, -0.2) is 30.1 Å². The molecule has 156 valence electrons. The molecule has 31 heavy (non-hydrogen) atoms. The van der Waals surface area contributed by atoms with Gasteiger partial charge in [-0.25, -0.2) is 0 Å². The molecule has 6 rings (SSSR count). The van der Waals surface area contributed by atoms with Gasteiger partial charge in [0.1, 0.15) is 0 Å². The molecule has 0 aliphatic carbocycles. The van der Waals surface area contributed by atoms with Crippen molar-refractivity contribution in [2.24, 2.45) is 5.92 Å². The van der Waals surface area contributed by atoms with Gasteiger partial charge in [-0.1, -0.05) is 78.9 Å². The van der Waals surface area contributed by atoms with Crippen molar-refractivity contribution in [3.63, 3.8) is 0 Å². The zero-order valence-corrected chi connectivity index (χ0v) is 17.7. The number of benzene rings is 3. The van der Waals surface area contributed by atoms with E-state index in [1.165, 1.54) is 24.0 Å². The van der Waals surface area contributed by atoms with Crippen LogP contribution in [0.3, 0.4) is 0 Å². The summed E-state index contributed by atoms with van der Waals surface area (Å²) in [6, 6.07) is 32.2. The van der Waals surface area contributed by atoms with E-state index >= 15 is 0 Å². The van der Waals surface area contributed by atoms with Gasteiger partial charge in [-0.15, -0.1) is 0 Å². The molecular weight excluding hydrogens is 380 g/mol. The molecule has 0 N–H and O–H groups in total. The Kier molecular flexibility index (Phi) is 5.84. The summed E-state index contributed by atoms with van der Waals surface area (Å²) in [5, 5.41) is 9.48. The maximum atomic E-state index is 9.48. The summed E-state index contributed by atoms with van der Waals surface area (Å²) in [5.74, 6) is 0.834. The number of piperidine rings is 3. The minimum absolute atomic E-state index is 0.152. The van der Waals surface area contributed by atoms with Crippen LogP contribution in [0.15, 0.2) is 84.9 Å². The normalized spacial score (nSPS) is 24.8. The van der Waals surface area contributed by atoms with Gasteiger partial charge in [0.25, 0.3) is 0 Å². The minimum atomic E-state index is 0.152. The SMILES string of the molecule is N#Cc1ccccc1CO[C@@H]1C2CCN(CC2)[C@@H]1C(c1ccccc1)c1ccccc1. The van der Waals surface area contributed by atoms with Gasteiger partial charge in [0, 0.05) is 12.0 Å². The van der Waals surface area contributed by atoms with Crippen molar-refractivity contribution in [1.29, 1.82) is 5.26 Å². The van der Waals surface area contributed by atoms with Gasteiger partial charge in [-0.2, -0.15) is 5.26 Å². The van der Waals surface area contributed by atoms with E-state index in [9.17, 15) is 5.26 Å². The van der Waals surface area contributed by atoms with E-state index in [0.717, 1.165) is 18.7 Å². The third-order valence-corrected chi connectivity index (χ3v) is 7.03. The molecule has 3 aliphatic heterocycles. The fraction of sp³-hybridized carbons (Fsp3) is 0.321. The quantitative estimate of drug-likeness (QED) is 0.550. The van der Waals surface area contributed by atoms with E-state index in [1.54, 1.807) is 0 Å². The molecule has 3 saturated heterocycles. The number of rotatable bonds is 6. The average molecular weight is 409 g/mol. The minimum Gasteiger partial charge on any atom is -0.372 e. The maximum Gasteiger partial charge on any atom is 0.0995 e. The van der Waals surface area contributed by atoms with E-state index in [-0.39, 0.29) is 12.0 Å². The molecule has 0 radical (unpaired) electrons. The summed E-state index contributed by atoms with van der Waals surface area (Å²) in [6.07, 6.45) is 2.54. The van der Waals surface area contributed by atoms with Gasteiger partial charge >= 0.3 is 0 Å². The lowest BCUT2D eigenvalue weighted by atomic mass is 9.72. The zero-order valence-electron chi connectivity index (χ0n) is 17.7. The van der Waals surface area contributed by atoms with Crippen molar-refractivity contribution >= 4 is 0 Å². The van der Waals surface area contributed by atoms with Crippen molar-refractivity contribution in [3.05, 3.63) is 107 Å². The molecule has 2 bridgehead atoms. The highest BCUT2D eigenvalue weighted by molar-refractivity contribution is 5.37. The predicted molar refractivity (Wildman–Crippen MR) is 123 cm³/mol. The Morgan fingerprint density at radius 2 is 1.42 bits per heavy atom. The zero-order chi connectivity index (χ0) is 21.0. The molecule has 3 fully saturated rings. The molecule has 0 aromatic heterocycles. The number of nitriles is 1. The Hall–Kier alpha value is -2.93. The van der Waals surface area contributed by atoms with Crippen LogP contribution in [-0.2, 0) is 11.3 Å². The fourth-order valence-corrected chi connectivity index (χ4v) is 5.52. The van der Waals surface area contributed by atoms with Gasteiger partial charge in [-0.3, -0.25) is 4.90 Å². The van der Waals surface area contributed by atoms with Gasteiger partial charge in [0.2, 0.25) is 0 Å². The third-order valence-electron chi connectivity index (χ3n) is 7.03. The Morgan fingerprint density at radius 3 is 2.03 bits per heavy atom. The molecule has 3 heterocycles. The Morgan fingerprint density at radius 1 is 0.839 bits per heavy atom. The third kappa shape index (κ3) is 4.02. The van der Waals surface area contributed by atoms with E-state index in [2.05, 4.69) is 71.6 Å². The van der Waals surface area contributed by atoms with E-state index in [1.807, 2.05) is 24.3 Å². The molecule has 3 aliphatic rings. The number of hydrogen-bond donors (Lipinski definition) is 0. The predicted octanol–water partition coefficient (Wildman–Crippen LogP) is 5.37. The summed E-state index contributed by atoms with van der Waals surface area (Å²) in [5.41, 5.74) is 4.38. The highest BCUT2D eigenvalue weighted by Crippen LogP contribution is 2.43. The Bertz CT molecular complexity index is 996. The standard InChI is InChI=1S/C28H28N2O/c29-19-24-13-7-8-14-25(24)20-31-28-23-15-17-30(18-16-23)27(28)26(21-9-3-1-4-10-21)22-11-5-2-6-12-22/h1-14,23,26-28H,15-18,20H2/t27-,28-/m1/s1. The Labute approximate surface area is 184 Å². The first kappa shape index (κ1) is 20.0. The molecule has 3 aromatic rings. The van der Waals surface area contributed by atoms with E-state index in [0.29, 0.717) is 24.1 Å². The molecule has 3 heteroatoms. The molecule has 0 saturated carbocycles. The first-order valence-corrected chi connectivity index (χ1v) is 11.3. The number of nitrogens with zero attached hydrogens (tertiary/aromatic N) is 2. The summed E-state index contributed by atoms with van der Waals surface area (Å²) in [7, 11) is 0.